The van der Waals surface area contributed by atoms with Crippen molar-refractivity contribution in [3.8, 4) is 0 Å². The van der Waals surface area contributed by atoms with Crippen LogP contribution in [0.25, 0.3) is 0 Å². The number of aryl methyl sites for hydroxylation is 1. The Bertz CT molecular complexity index is 939. The summed E-state index contributed by atoms with van der Waals surface area (Å²) in [6, 6.07) is 0.696. The summed E-state index contributed by atoms with van der Waals surface area (Å²) in [6.45, 7) is 6.03. The summed E-state index contributed by atoms with van der Waals surface area (Å²) < 4.78 is 1.80. The van der Waals surface area contributed by atoms with Gasteiger partial charge in [-0.05, 0) is 25.7 Å². The molecule has 9 nitrogen and oxygen atoms in total. The van der Waals surface area contributed by atoms with E-state index in [0.717, 1.165) is 63.4 Å². The molecule has 1 aromatic rings. The molecule has 1 aliphatic carbocycles. The number of likely N-dealkylation sites (tertiary alicyclic amines) is 1. The molecular weight excluding hydrogens is 444 g/mol. The van der Waals surface area contributed by atoms with Crippen LogP contribution in [-0.2, 0) is 29.6 Å². The van der Waals surface area contributed by atoms with Crippen molar-refractivity contribution in [1.82, 2.24) is 29.4 Å². The second-order valence-corrected chi connectivity index (χ2v) is 10.7. The molecule has 1 aromatic heterocycles. The van der Waals surface area contributed by atoms with E-state index in [9.17, 15) is 14.4 Å². The highest BCUT2D eigenvalue weighted by molar-refractivity contribution is 5.94. The van der Waals surface area contributed by atoms with Crippen molar-refractivity contribution in [2.45, 2.75) is 76.8 Å². The first kappa shape index (κ1) is 24.3. The Morgan fingerprint density at radius 1 is 0.771 bits per heavy atom. The molecule has 0 spiro atoms. The van der Waals surface area contributed by atoms with Crippen LogP contribution in [0.5, 0.6) is 0 Å². The number of hydrogen-bond donors (Lipinski definition) is 0. The zero-order valence-electron chi connectivity index (χ0n) is 21.2. The Morgan fingerprint density at radius 2 is 1.43 bits per heavy atom. The van der Waals surface area contributed by atoms with E-state index in [1.807, 2.05) is 16.8 Å². The molecule has 9 heteroatoms. The third-order valence-electron chi connectivity index (χ3n) is 8.50. The van der Waals surface area contributed by atoms with Crippen LogP contribution in [0, 0.1) is 0 Å². The quantitative estimate of drug-likeness (QED) is 0.637. The highest BCUT2D eigenvalue weighted by Crippen LogP contribution is 2.26. The van der Waals surface area contributed by atoms with Gasteiger partial charge in [-0.25, -0.2) is 0 Å². The molecule has 0 aromatic carbocycles. The van der Waals surface area contributed by atoms with Gasteiger partial charge in [-0.1, -0.05) is 19.3 Å². The molecule has 1 saturated carbocycles. The summed E-state index contributed by atoms with van der Waals surface area (Å²) in [7, 11) is 1.88. The molecule has 4 aliphatic rings. The van der Waals surface area contributed by atoms with Gasteiger partial charge in [0.2, 0.25) is 11.8 Å². The Hall–Kier alpha value is -2.42. The molecule has 0 N–H and O–H groups in total. The van der Waals surface area contributed by atoms with Crippen LogP contribution in [0.4, 0.5) is 0 Å². The third-order valence-corrected chi connectivity index (χ3v) is 8.50. The maximum absolute atomic E-state index is 13.0. The largest absolute Gasteiger partial charge is 0.340 e. The maximum Gasteiger partial charge on any atom is 0.274 e. The van der Waals surface area contributed by atoms with Crippen LogP contribution in [0.1, 0.15) is 79.5 Å². The second-order valence-electron chi connectivity index (χ2n) is 10.7. The molecule has 0 atom stereocenters. The van der Waals surface area contributed by atoms with Crippen molar-refractivity contribution < 1.29 is 14.4 Å². The van der Waals surface area contributed by atoms with E-state index in [4.69, 9.17) is 0 Å². The standard InChI is InChI=1S/C26H40N6O3/c1-28-22-11-14-32(19-21(22)25(27-28)26(35)31-12-5-6-13-31)24(34)10-9-23(33)30-17-15-29(16-18-30)20-7-3-2-4-8-20/h20H,2-19H2,1H3. The van der Waals surface area contributed by atoms with E-state index >= 15 is 0 Å². The minimum Gasteiger partial charge on any atom is -0.340 e. The van der Waals surface area contributed by atoms with Gasteiger partial charge in [0.25, 0.3) is 5.91 Å². The van der Waals surface area contributed by atoms with Crippen molar-refractivity contribution in [1.29, 1.82) is 0 Å². The zero-order chi connectivity index (χ0) is 24.4. The molecule has 3 aliphatic heterocycles. The number of carbonyl (C=O) groups excluding carboxylic acids is 3. The summed E-state index contributed by atoms with van der Waals surface area (Å²) in [4.78, 5) is 47.1. The second kappa shape index (κ2) is 10.7. The maximum atomic E-state index is 13.0. The van der Waals surface area contributed by atoms with Gasteiger partial charge in [0, 0.05) is 96.0 Å². The first-order valence-electron chi connectivity index (χ1n) is 13.6. The van der Waals surface area contributed by atoms with Gasteiger partial charge in [0.1, 0.15) is 0 Å². The SMILES string of the molecule is Cn1nc(C(=O)N2CCCC2)c2c1CCN(C(=O)CCC(=O)N1CCN(C3CCCCC3)CC1)C2. The molecule has 4 heterocycles. The van der Waals surface area contributed by atoms with E-state index in [-0.39, 0.29) is 30.6 Å². The first-order chi connectivity index (χ1) is 17.0. The molecule has 0 radical (unpaired) electrons. The number of aromatic nitrogens is 2. The fourth-order valence-electron chi connectivity index (χ4n) is 6.36. The molecule has 2 saturated heterocycles. The van der Waals surface area contributed by atoms with E-state index in [2.05, 4.69) is 10.00 Å². The van der Waals surface area contributed by atoms with Crippen molar-refractivity contribution in [3.63, 3.8) is 0 Å². The molecule has 3 amide bonds. The minimum absolute atomic E-state index is 0.00624. The Balaban J connectivity index is 1.12. The van der Waals surface area contributed by atoms with Gasteiger partial charge in [-0.15, -0.1) is 0 Å². The van der Waals surface area contributed by atoms with E-state index in [0.29, 0.717) is 31.2 Å². The summed E-state index contributed by atoms with van der Waals surface area (Å²) in [5.74, 6) is 0.0649. The van der Waals surface area contributed by atoms with Crippen molar-refractivity contribution in [2.75, 3.05) is 45.8 Å². The summed E-state index contributed by atoms with van der Waals surface area (Å²) in [6.07, 6.45) is 9.86. The van der Waals surface area contributed by atoms with Gasteiger partial charge in [-0.3, -0.25) is 24.0 Å². The van der Waals surface area contributed by atoms with Crippen LogP contribution in [0.3, 0.4) is 0 Å². The van der Waals surface area contributed by atoms with Gasteiger partial charge in [-0.2, -0.15) is 5.10 Å². The average Bonchev–Trinajstić information content (AvgIpc) is 3.56. The number of piperazine rings is 1. The van der Waals surface area contributed by atoms with E-state index in [1.165, 1.54) is 32.1 Å². The summed E-state index contributed by atoms with van der Waals surface area (Å²) in [5.41, 5.74) is 2.42. The van der Waals surface area contributed by atoms with Gasteiger partial charge in [0.05, 0.1) is 0 Å². The third kappa shape index (κ3) is 5.25. The lowest BCUT2D eigenvalue weighted by Gasteiger charge is -2.40. The molecule has 192 valence electrons. The van der Waals surface area contributed by atoms with Gasteiger partial charge in [0.15, 0.2) is 5.69 Å². The average molecular weight is 485 g/mol. The molecular formula is C26H40N6O3. The van der Waals surface area contributed by atoms with Crippen LogP contribution >= 0.6 is 0 Å². The lowest BCUT2D eigenvalue weighted by atomic mass is 9.94. The highest BCUT2D eigenvalue weighted by Gasteiger charge is 2.32. The molecule has 5 rings (SSSR count). The lowest BCUT2D eigenvalue weighted by Crippen LogP contribution is -2.52. The smallest absolute Gasteiger partial charge is 0.274 e. The highest BCUT2D eigenvalue weighted by atomic mass is 16.2. The van der Waals surface area contributed by atoms with Crippen LogP contribution in [0.15, 0.2) is 0 Å². The fourth-order valence-corrected chi connectivity index (χ4v) is 6.36. The Labute approximate surface area is 208 Å². The van der Waals surface area contributed by atoms with E-state index < -0.39 is 0 Å². The monoisotopic (exact) mass is 484 g/mol. The van der Waals surface area contributed by atoms with Crippen LogP contribution in [-0.4, -0.2) is 99.0 Å². The number of fused-ring (bicyclic) bond motifs is 1. The predicted molar refractivity (Wildman–Crippen MR) is 132 cm³/mol. The van der Waals surface area contributed by atoms with Crippen molar-refractivity contribution >= 4 is 17.7 Å². The minimum atomic E-state index is -0.0174. The lowest BCUT2D eigenvalue weighted by molar-refractivity contribution is -0.138. The number of rotatable bonds is 5. The van der Waals surface area contributed by atoms with Crippen molar-refractivity contribution in [3.05, 3.63) is 17.0 Å². The van der Waals surface area contributed by atoms with Crippen molar-refractivity contribution in [2.24, 2.45) is 7.05 Å². The molecule has 0 bridgehead atoms. The molecule has 0 unspecified atom stereocenters. The number of carbonyl (C=O) groups is 3. The predicted octanol–water partition coefficient (Wildman–Crippen LogP) is 1.80. The van der Waals surface area contributed by atoms with E-state index in [1.54, 1.807) is 9.58 Å². The Kier molecular flexibility index (Phi) is 7.41. The van der Waals surface area contributed by atoms with Gasteiger partial charge < -0.3 is 14.7 Å². The number of nitrogens with zero attached hydrogens (tertiary/aromatic N) is 6. The van der Waals surface area contributed by atoms with Crippen LogP contribution < -0.4 is 0 Å². The molecule has 35 heavy (non-hydrogen) atoms. The topological polar surface area (TPSA) is 82.0 Å². The normalized spacial score (nSPS) is 21.9. The number of amides is 3. The molecule has 3 fully saturated rings. The zero-order valence-corrected chi connectivity index (χ0v) is 21.2. The summed E-state index contributed by atoms with van der Waals surface area (Å²) >= 11 is 0. The Morgan fingerprint density at radius 3 is 2.11 bits per heavy atom. The summed E-state index contributed by atoms with van der Waals surface area (Å²) in [5, 5.41) is 4.53. The fraction of sp³-hybridized carbons (Fsp3) is 0.769. The van der Waals surface area contributed by atoms with Crippen LogP contribution in [0.2, 0.25) is 0 Å². The van der Waals surface area contributed by atoms with Gasteiger partial charge >= 0.3 is 0 Å². The first-order valence-corrected chi connectivity index (χ1v) is 13.6. The number of hydrogen-bond acceptors (Lipinski definition) is 5.